The SMILES string of the molecule is CC(CC(=O)N1CC(C)NCC1C)CC(C)(C)C. The van der Waals surface area contributed by atoms with Gasteiger partial charge in [0.15, 0.2) is 0 Å². The predicted octanol–water partition coefficient (Wildman–Crippen LogP) is 2.66. The molecule has 0 aromatic carbocycles. The standard InChI is InChI=1S/C15H30N2O/c1-11(8-15(4,5)6)7-14(18)17-10-12(2)16-9-13(17)3/h11-13,16H,7-10H2,1-6H3. The van der Waals surface area contributed by atoms with Gasteiger partial charge in [-0.25, -0.2) is 0 Å². The number of carbonyl (C=O) groups excluding carboxylic acids is 1. The summed E-state index contributed by atoms with van der Waals surface area (Å²) >= 11 is 0. The highest BCUT2D eigenvalue weighted by Crippen LogP contribution is 2.26. The summed E-state index contributed by atoms with van der Waals surface area (Å²) in [5.74, 6) is 0.794. The van der Waals surface area contributed by atoms with Crippen LogP contribution in [-0.2, 0) is 4.79 Å². The van der Waals surface area contributed by atoms with E-state index in [9.17, 15) is 4.79 Å². The number of piperazine rings is 1. The maximum atomic E-state index is 12.3. The van der Waals surface area contributed by atoms with E-state index in [1.54, 1.807) is 0 Å². The lowest BCUT2D eigenvalue weighted by molar-refractivity contribution is -0.135. The predicted molar refractivity (Wildman–Crippen MR) is 76.5 cm³/mol. The van der Waals surface area contributed by atoms with E-state index < -0.39 is 0 Å². The molecule has 0 aromatic heterocycles. The molecule has 0 aromatic rings. The first-order chi connectivity index (χ1) is 8.19. The first kappa shape index (κ1) is 15.5. The van der Waals surface area contributed by atoms with Crippen LogP contribution in [0.5, 0.6) is 0 Å². The maximum Gasteiger partial charge on any atom is 0.223 e. The second kappa shape index (κ2) is 6.05. The average Bonchev–Trinajstić information content (AvgIpc) is 2.18. The summed E-state index contributed by atoms with van der Waals surface area (Å²) in [6, 6.07) is 0.749. The minimum Gasteiger partial charge on any atom is -0.337 e. The van der Waals surface area contributed by atoms with Gasteiger partial charge in [0.05, 0.1) is 0 Å². The fraction of sp³-hybridized carbons (Fsp3) is 0.933. The van der Waals surface area contributed by atoms with Crippen molar-refractivity contribution in [3.05, 3.63) is 0 Å². The van der Waals surface area contributed by atoms with Gasteiger partial charge in [-0.1, -0.05) is 27.7 Å². The lowest BCUT2D eigenvalue weighted by Gasteiger charge is -2.38. The molecule has 1 heterocycles. The van der Waals surface area contributed by atoms with Crippen molar-refractivity contribution in [3.63, 3.8) is 0 Å². The van der Waals surface area contributed by atoms with Crippen LogP contribution in [0.25, 0.3) is 0 Å². The third-order valence-electron chi connectivity index (χ3n) is 3.57. The van der Waals surface area contributed by atoms with Gasteiger partial charge in [0.1, 0.15) is 0 Å². The molecule has 3 heteroatoms. The van der Waals surface area contributed by atoms with Crippen molar-refractivity contribution in [2.45, 2.75) is 66.5 Å². The van der Waals surface area contributed by atoms with Crippen LogP contribution in [0.3, 0.4) is 0 Å². The van der Waals surface area contributed by atoms with E-state index in [-0.39, 0.29) is 0 Å². The normalized spacial score (nSPS) is 27.1. The van der Waals surface area contributed by atoms with E-state index in [0.29, 0.717) is 35.7 Å². The van der Waals surface area contributed by atoms with Crippen LogP contribution >= 0.6 is 0 Å². The molecule has 1 N–H and O–H groups in total. The van der Waals surface area contributed by atoms with Crippen molar-refractivity contribution < 1.29 is 4.79 Å². The molecule has 0 spiro atoms. The average molecular weight is 254 g/mol. The second-order valence-electron chi connectivity index (χ2n) is 7.28. The maximum absolute atomic E-state index is 12.3. The van der Waals surface area contributed by atoms with Gasteiger partial charge in [0.25, 0.3) is 0 Å². The van der Waals surface area contributed by atoms with Gasteiger partial charge in [0, 0.05) is 31.6 Å². The molecule has 3 unspecified atom stereocenters. The summed E-state index contributed by atoms with van der Waals surface area (Å²) in [7, 11) is 0. The topological polar surface area (TPSA) is 32.3 Å². The Morgan fingerprint density at radius 1 is 1.39 bits per heavy atom. The monoisotopic (exact) mass is 254 g/mol. The van der Waals surface area contributed by atoms with Crippen LogP contribution < -0.4 is 5.32 Å². The molecule has 1 fully saturated rings. The number of nitrogens with zero attached hydrogens (tertiary/aromatic N) is 1. The van der Waals surface area contributed by atoms with E-state index >= 15 is 0 Å². The minimum absolute atomic E-state index is 0.308. The number of amides is 1. The highest BCUT2D eigenvalue weighted by atomic mass is 16.2. The summed E-state index contributed by atoms with van der Waals surface area (Å²) in [6.45, 7) is 15.0. The van der Waals surface area contributed by atoms with Crippen LogP contribution in [0.15, 0.2) is 0 Å². The van der Waals surface area contributed by atoms with E-state index in [1.165, 1.54) is 0 Å². The van der Waals surface area contributed by atoms with Crippen LogP contribution in [-0.4, -0.2) is 36.0 Å². The number of hydrogen-bond donors (Lipinski definition) is 1. The lowest BCUT2D eigenvalue weighted by Crippen LogP contribution is -2.56. The zero-order valence-electron chi connectivity index (χ0n) is 12.9. The molecule has 1 amide bonds. The van der Waals surface area contributed by atoms with Gasteiger partial charge in [0.2, 0.25) is 5.91 Å². The summed E-state index contributed by atoms with van der Waals surface area (Å²) in [5, 5.41) is 3.41. The van der Waals surface area contributed by atoms with Crippen molar-refractivity contribution >= 4 is 5.91 Å². The molecule has 1 rings (SSSR count). The molecular weight excluding hydrogens is 224 g/mol. The fourth-order valence-electron chi connectivity index (χ4n) is 2.90. The van der Waals surface area contributed by atoms with Gasteiger partial charge in [-0.15, -0.1) is 0 Å². The summed E-state index contributed by atoms with van der Waals surface area (Å²) in [6.07, 6.45) is 1.79. The number of nitrogens with one attached hydrogen (secondary N) is 1. The molecule has 0 radical (unpaired) electrons. The number of carbonyl (C=O) groups is 1. The smallest absolute Gasteiger partial charge is 0.223 e. The van der Waals surface area contributed by atoms with Gasteiger partial charge in [-0.3, -0.25) is 4.79 Å². The van der Waals surface area contributed by atoms with Gasteiger partial charge in [-0.2, -0.15) is 0 Å². The molecule has 3 atom stereocenters. The van der Waals surface area contributed by atoms with Crippen molar-refractivity contribution in [1.82, 2.24) is 10.2 Å². The third kappa shape index (κ3) is 4.97. The van der Waals surface area contributed by atoms with Crippen molar-refractivity contribution in [2.24, 2.45) is 11.3 Å². The number of hydrogen-bond acceptors (Lipinski definition) is 2. The molecule has 106 valence electrons. The molecule has 0 saturated carbocycles. The van der Waals surface area contributed by atoms with E-state index in [2.05, 4.69) is 51.8 Å². The lowest BCUT2D eigenvalue weighted by atomic mass is 9.84. The van der Waals surface area contributed by atoms with Gasteiger partial charge < -0.3 is 10.2 Å². The highest BCUT2D eigenvalue weighted by molar-refractivity contribution is 5.77. The second-order valence-corrected chi connectivity index (χ2v) is 7.28. The fourth-order valence-corrected chi connectivity index (χ4v) is 2.90. The van der Waals surface area contributed by atoms with Crippen LogP contribution in [0.1, 0.15) is 54.4 Å². The Morgan fingerprint density at radius 3 is 2.56 bits per heavy atom. The first-order valence-corrected chi connectivity index (χ1v) is 7.22. The molecule has 1 aliphatic rings. The van der Waals surface area contributed by atoms with Crippen molar-refractivity contribution in [3.8, 4) is 0 Å². The largest absolute Gasteiger partial charge is 0.337 e. The summed E-state index contributed by atoms with van der Waals surface area (Å²) in [5.41, 5.74) is 0.308. The summed E-state index contributed by atoms with van der Waals surface area (Å²) in [4.78, 5) is 14.4. The summed E-state index contributed by atoms with van der Waals surface area (Å²) < 4.78 is 0. The Morgan fingerprint density at radius 2 is 2.00 bits per heavy atom. The number of rotatable bonds is 3. The molecular formula is C15H30N2O. The van der Waals surface area contributed by atoms with Gasteiger partial charge >= 0.3 is 0 Å². The van der Waals surface area contributed by atoms with E-state index in [0.717, 1.165) is 19.5 Å². The Balaban J connectivity index is 2.48. The van der Waals surface area contributed by atoms with Crippen molar-refractivity contribution in [2.75, 3.05) is 13.1 Å². The molecule has 18 heavy (non-hydrogen) atoms. The Labute approximate surface area is 112 Å². The Kier molecular flexibility index (Phi) is 5.20. The van der Waals surface area contributed by atoms with E-state index in [4.69, 9.17) is 0 Å². The van der Waals surface area contributed by atoms with Crippen molar-refractivity contribution in [1.29, 1.82) is 0 Å². The third-order valence-corrected chi connectivity index (χ3v) is 3.57. The molecule has 3 nitrogen and oxygen atoms in total. The van der Waals surface area contributed by atoms with Crippen LogP contribution in [0.2, 0.25) is 0 Å². The highest BCUT2D eigenvalue weighted by Gasteiger charge is 2.28. The zero-order valence-corrected chi connectivity index (χ0v) is 12.9. The quantitative estimate of drug-likeness (QED) is 0.840. The van der Waals surface area contributed by atoms with E-state index in [1.807, 2.05) is 0 Å². The Bertz CT molecular complexity index is 283. The zero-order chi connectivity index (χ0) is 13.9. The molecule has 1 saturated heterocycles. The van der Waals surface area contributed by atoms with Gasteiger partial charge in [-0.05, 0) is 31.6 Å². The Hall–Kier alpha value is -0.570. The van der Waals surface area contributed by atoms with Crippen LogP contribution in [0, 0.1) is 11.3 Å². The molecule has 0 bridgehead atoms. The molecule has 1 aliphatic heterocycles. The van der Waals surface area contributed by atoms with Crippen LogP contribution in [0.4, 0.5) is 0 Å². The molecule has 0 aliphatic carbocycles. The first-order valence-electron chi connectivity index (χ1n) is 7.22. The minimum atomic E-state index is 0.308.